The van der Waals surface area contributed by atoms with Gasteiger partial charge in [0.2, 0.25) is 0 Å². The van der Waals surface area contributed by atoms with Crippen molar-refractivity contribution >= 4 is 11.6 Å². The van der Waals surface area contributed by atoms with Crippen LogP contribution in [0.3, 0.4) is 0 Å². The maximum Gasteiger partial charge on any atom is 0.123 e. The third kappa shape index (κ3) is 2.20. The van der Waals surface area contributed by atoms with Crippen LogP contribution in [0, 0.1) is 0 Å². The van der Waals surface area contributed by atoms with Gasteiger partial charge in [-0.15, -0.1) is 11.6 Å². The van der Waals surface area contributed by atoms with E-state index in [9.17, 15) is 0 Å². The minimum atomic E-state index is 0.155. The van der Waals surface area contributed by atoms with Gasteiger partial charge in [-0.2, -0.15) is 0 Å². The van der Waals surface area contributed by atoms with Crippen molar-refractivity contribution in [3.05, 3.63) is 29.3 Å². The Hall–Kier alpha value is -0.690. The molecule has 1 aliphatic rings. The molecule has 0 spiro atoms. The quantitative estimate of drug-likeness (QED) is 0.726. The molecule has 1 aromatic carbocycles. The van der Waals surface area contributed by atoms with Crippen LogP contribution in [0.25, 0.3) is 0 Å². The first-order chi connectivity index (χ1) is 7.53. The fourth-order valence-corrected chi connectivity index (χ4v) is 2.70. The smallest absolute Gasteiger partial charge is 0.123 e. The van der Waals surface area contributed by atoms with Crippen molar-refractivity contribution in [3.63, 3.8) is 0 Å². The van der Waals surface area contributed by atoms with Gasteiger partial charge in [-0.1, -0.05) is 26.0 Å². The van der Waals surface area contributed by atoms with Crippen LogP contribution in [0.4, 0.5) is 0 Å². The van der Waals surface area contributed by atoms with Gasteiger partial charge in [-0.25, -0.2) is 0 Å². The molecule has 0 saturated heterocycles. The molecule has 0 aliphatic carbocycles. The standard InChI is InChI=1S/C14H19ClO/c1-10-8-11-9-12(4-5-13(11)16-10)14(2,3)6-7-15/h4-5,9-10H,6-8H2,1-3H3. The van der Waals surface area contributed by atoms with Gasteiger partial charge in [0, 0.05) is 12.3 Å². The third-order valence-electron chi connectivity index (χ3n) is 3.40. The number of fused-ring (bicyclic) bond motifs is 1. The summed E-state index contributed by atoms with van der Waals surface area (Å²) in [6.45, 7) is 6.61. The number of hydrogen-bond donors (Lipinski definition) is 0. The summed E-state index contributed by atoms with van der Waals surface area (Å²) in [6.07, 6.45) is 2.35. The second-order valence-electron chi connectivity index (χ2n) is 5.28. The molecule has 0 fully saturated rings. The maximum absolute atomic E-state index is 5.85. The number of hydrogen-bond acceptors (Lipinski definition) is 1. The average Bonchev–Trinajstić information content (AvgIpc) is 2.56. The van der Waals surface area contributed by atoms with Gasteiger partial charge in [0.05, 0.1) is 0 Å². The van der Waals surface area contributed by atoms with Crippen molar-refractivity contribution in [2.75, 3.05) is 5.88 Å². The van der Waals surface area contributed by atoms with Crippen molar-refractivity contribution in [2.24, 2.45) is 0 Å². The molecule has 1 unspecified atom stereocenters. The molecule has 0 N–H and O–H groups in total. The lowest BCUT2D eigenvalue weighted by Gasteiger charge is -2.24. The van der Waals surface area contributed by atoms with E-state index < -0.39 is 0 Å². The van der Waals surface area contributed by atoms with E-state index in [1.807, 2.05) is 0 Å². The molecule has 88 valence electrons. The average molecular weight is 239 g/mol. The molecule has 2 heteroatoms. The molecular formula is C14H19ClO. The largest absolute Gasteiger partial charge is 0.490 e. The van der Waals surface area contributed by atoms with E-state index in [1.165, 1.54) is 11.1 Å². The molecule has 1 aliphatic heterocycles. The highest BCUT2D eigenvalue weighted by molar-refractivity contribution is 6.17. The Bertz CT molecular complexity index is 384. The number of rotatable bonds is 3. The Morgan fingerprint density at radius 3 is 2.88 bits per heavy atom. The van der Waals surface area contributed by atoms with E-state index in [0.717, 1.165) is 18.6 Å². The van der Waals surface area contributed by atoms with Gasteiger partial charge in [0.1, 0.15) is 11.9 Å². The summed E-state index contributed by atoms with van der Waals surface area (Å²) in [5.41, 5.74) is 2.86. The van der Waals surface area contributed by atoms with Crippen LogP contribution in [0.2, 0.25) is 0 Å². The van der Waals surface area contributed by atoms with Crippen LogP contribution in [0.5, 0.6) is 5.75 Å². The topological polar surface area (TPSA) is 9.23 Å². The van der Waals surface area contributed by atoms with Crippen molar-refractivity contribution in [1.29, 1.82) is 0 Å². The van der Waals surface area contributed by atoms with Gasteiger partial charge >= 0.3 is 0 Å². The zero-order valence-electron chi connectivity index (χ0n) is 10.2. The summed E-state index contributed by atoms with van der Waals surface area (Å²) in [7, 11) is 0. The van der Waals surface area contributed by atoms with Gasteiger partial charge in [-0.05, 0) is 36.0 Å². The van der Waals surface area contributed by atoms with Crippen LogP contribution in [0.1, 0.15) is 38.3 Å². The summed E-state index contributed by atoms with van der Waals surface area (Å²) in [5, 5.41) is 0. The molecule has 1 atom stereocenters. The molecule has 16 heavy (non-hydrogen) atoms. The van der Waals surface area contributed by atoms with Crippen molar-refractivity contribution in [2.45, 2.75) is 45.1 Å². The Morgan fingerprint density at radius 1 is 1.44 bits per heavy atom. The SMILES string of the molecule is CC1Cc2cc(C(C)(C)CCCl)ccc2O1. The molecular weight excluding hydrogens is 220 g/mol. The first-order valence-corrected chi connectivity index (χ1v) is 6.42. The van der Waals surface area contributed by atoms with Gasteiger partial charge in [0.15, 0.2) is 0 Å². The molecule has 0 saturated carbocycles. The van der Waals surface area contributed by atoms with Crippen LogP contribution in [-0.4, -0.2) is 12.0 Å². The lowest BCUT2D eigenvalue weighted by atomic mass is 9.81. The number of halogens is 1. The zero-order valence-corrected chi connectivity index (χ0v) is 11.0. The maximum atomic E-state index is 5.85. The van der Waals surface area contributed by atoms with Crippen LogP contribution in [0.15, 0.2) is 18.2 Å². The lowest BCUT2D eigenvalue weighted by molar-refractivity contribution is 0.254. The van der Waals surface area contributed by atoms with Gasteiger partial charge in [-0.3, -0.25) is 0 Å². The first kappa shape index (κ1) is 11.8. The van der Waals surface area contributed by atoms with Gasteiger partial charge in [0.25, 0.3) is 0 Å². The third-order valence-corrected chi connectivity index (χ3v) is 3.59. The predicted molar refractivity (Wildman–Crippen MR) is 68.6 cm³/mol. The van der Waals surface area contributed by atoms with Crippen molar-refractivity contribution in [3.8, 4) is 5.75 Å². The Kier molecular flexibility index (Phi) is 3.16. The number of ether oxygens (including phenoxy) is 1. The highest BCUT2D eigenvalue weighted by atomic mass is 35.5. The minimum absolute atomic E-state index is 0.155. The number of benzene rings is 1. The van der Waals surface area contributed by atoms with Crippen molar-refractivity contribution in [1.82, 2.24) is 0 Å². The second-order valence-corrected chi connectivity index (χ2v) is 5.66. The molecule has 1 heterocycles. The minimum Gasteiger partial charge on any atom is -0.490 e. The fraction of sp³-hybridized carbons (Fsp3) is 0.571. The Morgan fingerprint density at radius 2 is 2.19 bits per heavy atom. The molecule has 0 aromatic heterocycles. The molecule has 1 nitrogen and oxygen atoms in total. The Balaban J connectivity index is 2.28. The first-order valence-electron chi connectivity index (χ1n) is 5.89. The number of alkyl halides is 1. The zero-order chi connectivity index (χ0) is 11.8. The van der Waals surface area contributed by atoms with Crippen LogP contribution >= 0.6 is 11.6 Å². The normalized spacial score (nSPS) is 19.4. The second kappa shape index (κ2) is 4.29. The molecule has 0 bridgehead atoms. The van der Waals surface area contributed by atoms with E-state index in [2.05, 4.69) is 39.0 Å². The highest BCUT2D eigenvalue weighted by Crippen LogP contribution is 2.34. The van der Waals surface area contributed by atoms with E-state index >= 15 is 0 Å². The summed E-state index contributed by atoms with van der Waals surface area (Å²) in [6, 6.07) is 6.55. The fourth-order valence-electron chi connectivity index (χ4n) is 2.22. The van der Waals surface area contributed by atoms with Crippen LogP contribution in [-0.2, 0) is 11.8 Å². The van der Waals surface area contributed by atoms with Crippen LogP contribution < -0.4 is 4.74 Å². The highest BCUT2D eigenvalue weighted by Gasteiger charge is 2.24. The molecule has 0 radical (unpaired) electrons. The predicted octanol–water partition coefficient (Wildman–Crippen LogP) is 3.92. The van der Waals surface area contributed by atoms with E-state index in [4.69, 9.17) is 16.3 Å². The summed E-state index contributed by atoms with van der Waals surface area (Å²) >= 11 is 5.85. The van der Waals surface area contributed by atoms with E-state index in [-0.39, 0.29) is 5.41 Å². The van der Waals surface area contributed by atoms with Crippen molar-refractivity contribution < 1.29 is 4.74 Å². The summed E-state index contributed by atoms with van der Waals surface area (Å²) in [4.78, 5) is 0. The summed E-state index contributed by atoms with van der Waals surface area (Å²) in [5.74, 6) is 1.76. The van der Waals surface area contributed by atoms with E-state index in [1.54, 1.807) is 0 Å². The summed E-state index contributed by atoms with van der Waals surface area (Å²) < 4.78 is 5.71. The Labute approximate surface area is 103 Å². The molecule has 1 aromatic rings. The van der Waals surface area contributed by atoms with E-state index in [0.29, 0.717) is 12.0 Å². The lowest BCUT2D eigenvalue weighted by Crippen LogP contribution is -2.17. The molecule has 0 amide bonds. The monoisotopic (exact) mass is 238 g/mol. The molecule has 2 rings (SSSR count). The van der Waals surface area contributed by atoms with Gasteiger partial charge < -0.3 is 4.74 Å².